The molecule has 2 aromatic heterocycles. The number of hydrogen-bond acceptors (Lipinski definition) is 4. The quantitative estimate of drug-likeness (QED) is 0.524. The van der Waals surface area contributed by atoms with Crippen LogP contribution in [0.3, 0.4) is 0 Å². The third-order valence-electron chi connectivity index (χ3n) is 4.20. The van der Waals surface area contributed by atoms with Crippen molar-refractivity contribution < 1.29 is 4.74 Å². The smallest absolute Gasteiger partial charge is 0.191 e. The summed E-state index contributed by atoms with van der Waals surface area (Å²) in [6.45, 7) is 3.36. The van der Waals surface area contributed by atoms with Gasteiger partial charge in [-0.25, -0.2) is 0 Å². The molecular formula is C19H24N6O. The second-order valence-electron chi connectivity index (χ2n) is 5.95. The molecule has 2 heterocycles. The molecule has 0 bridgehead atoms. The van der Waals surface area contributed by atoms with Crippen LogP contribution in [0.25, 0.3) is 5.65 Å². The van der Waals surface area contributed by atoms with Crippen molar-refractivity contribution in [1.82, 2.24) is 25.2 Å². The molecule has 0 aliphatic rings. The first-order valence-electron chi connectivity index (χ1n) is 8.58. The molecule has 0 radical (unpaired) electrons. The van der Waals surface area contributed by atoms with Gasteiger partial charge >= 0.3 is 0 Å². The van der Waals surface area contributed by atoms with Crippen LogP contribution < -0.4 is 15.4 Å². The fourth-order valence-corrected chi connectivity index (χ4v) is 2.74. The third kappa shape index (κ3) is 4.11. The van der Waals surface area contributed by atoms with Gasteiger partial charge in [-0.1, -0.05) is 18.2 Å². The van der Waals surface area contributed by atoms with Crippen LogP contribution in [-0.2, 0) is 13.0 Å². The summed E-state index contributed by atoms with van der Waals surface area (Å²) in [7, 11) is 3.45. The van der Waals surface area contributed by atoms with Crippen LogP contribution in [0.15, 0.2) is 47.6 Å². The molecule has 0 saturated carbocycles. The van der Waals surface area contributed by atoms with Gasteiger partial charge in [-0.15, -0.1) is 10.2 Å². The van der Waals surface area contributed by atoms with Gasteiger partial charge in [-0.2, -0.15) is 0 Å². The Morgan fingerprint density at radius 1 is 1.19 bits per heavy atom. The van der Waals surface area contributed by atoms with Crippen molar-refractivity contribution in [2.45, 2.75) is 19.9 Å². The van der Waals surface area contributed by atoms with E-state index in [1.54, 1.807) is 14.2 Å². The van der Waals surface area contributed by atoms with Crippen molar-refractivity contribution in [3.8, 4) is 5.75 Å². The first kappa shape index (κ1) is 17.7. The second kappa shape index (κ2) is 8.33. The minimum absolute atomic E-state index is 0.545. The Labute approximate surface area is 153 Å². The first-order chi connectivity index (χ1) is 12.7. The van der Waals surface area contributed by atoms with Crippen molar-refractivity contribution in [2.75, 3.05) is 20.7 Å². The molecule has 3 rings (SSSR count). The van der Waals surface area contributed by atoms with Gasteiger partial charge in [0.15, 0.2) is 17.4 Å². The van der Waals surface area contributed by atoms with E-state index in [1.165, 1.54) is 5.56 Å². The Kier molecular flexibility index (Phi) is 5.68. The molecule has 0 atom stereocenters. The molecular weight excluding hydrogens is 328 g/mol. The summed E-state index contributed by atoms with van der Waals surface area (Å²) in [4.78, 5) is 4.26. The van der Waals surface area contributed by atoms with E-state index in [9.17, 15) is 0 Å². The average Bonchev–Trinajstić information content (AvgIpc) is 3.09. The zero-order valence-corrected chi connectivity index (χ0v) is 15.4. The van der Waals surface area contributed by atoms with Crippen molar-refractivity contribution in [2.24, 2.45) is 4.99 Å². The highest BCUT2D eigenvalue weighted by atomic mass is 16.5. The Hall–Kier alpha value is -3.09. The monoisotopic (exact) mass is 352 g/mol. The Morgan fingerprint density at radius 2 is 2.08 bits per heavy atom. The first-order valence-corrected chi connectivity index (χ1v) is 8.58. The maximum absolute atomic E-state index is 5.38. The zero-order chi connectivity index (χ0) is 18.4. The predicted molar refractivity (Wildman–Crippen MR) is 103 cm³/mol. The Bertz CT molecular complexity index is 902. The lowest BCUT2D eigenvalue weighted by Gasteiger charge is -2.12. The number of aryl methyl sites for hydroxylation is 1. The van der Waals surface area contributed by atoms with Gasteiger partial charge in [0.2, 0.25) is 0 Å². The molecule has 26 heavy (non-hydrogen) atoms. The van der Waals surface area contributed by atoms with E-state index in [1.807, 2.05) is 35.7 Å². The van der Waals surface area contributed by atoms with Crippen LogP contribution in [-0.4, -0.2) is 41.3 Å². The molecule has 1 aromatic carbocycles. The number of pyridine rings is 1. The zero-order valence-electron chi connectivity index (χ0n) is 15.4. The fraction of sp³-hybridized carbons (Fsp3) is 0.316. The van der Waals surface area contributed by atoms with Crippen LogP contribution in [0.2, 0.25) is 0 Å². The Morgan fingerprint density at radius 3 is 2.88 bits per heavy atom. The van der Waals surface area contributed by atoms with Crippen LogP contribution in [0.5, 0.6) is 5.75 Å². The van der Waals surface area contributed by atoms with E-state index in [4.69, 9.17) is 4.74 Å². The van der Waals surface area contributed by atoms with Crippen molar-refractivity contribution in [1.29, 1.82) is 0 Å². The lowest BCUT2D eigenvalue weighted by atomic mass is 10.1. The molecule has 0 spiro atoms. The highest BCUT2D eigenvalue weighted by Crippen LogP contribution is 2.18. The number of benzene rings is 1. The van der Waals surface area contributed by atoms with E-state index in [2.05, 4.69) is 44.0 Å². The molecule has 0 fully saturated rings. The topological polar surface area (TPSA) is 75.8 Å². The molecule has 136 valence electrons. The molecule has 0 amide bonds. The van der Waals surface area contributed by atoms with E-state index >= 15 is 0 Å². The SMILES string of the molecule is CN=C(NCCc1ccc(C)c(OC)c1)NCc1nnc2ccccn12. The van der Waals surface area contributed by atoms with Crippen molar-refractivity contribution in [3.63, 3.8) is 0 Å². The number of fused-ring (bicyclic) bond motifs is 1. The number of nitrogens with zero attached hydrogens (tertiary/aromatic N) is 4. The summed E-state index contributed by atoms with van der Waals surface area (Å²) in [5.74, 6) is 2.49. The van der Waals surface area contributed by atoms with Gasteiger partial charge in [0, 0.05) is 19.8 Å². The van der Waals surface area contributed by atoms with E-state index in [0.717, 1.165) is 41.7 Å². The normalized spacial score (nSPS) is 11.6. The van der Waals surface area contributed by atoms with Crippen molar-refractivity contribution in [3.05, 3.63) is 59.5 Å². The second-order valence-corrected chi connectivity index (χ2v) is 5.95. The number of nitrogens with one attached hydrogen (secondary N) is 2. The Balaban J connectivity index is 1.52. The fourth-order valence-electron chi connectivity index (χ4n) is 2.74. The molecule has 0 unspecified atom stereocenters. The van der Waals surface area contributed by atoms with Gasteiger partial charge in [0.05, 0.1) is 13.7 Å². The van der Waals surface area contributed by atoms with Crippen LogP contribution >= 0.6 is 0 Å². The highest BCUT2D eigenvalue weighted by molar-refractivity contribution is 5.79. The maximum Gasteiger partial charge on any atom is 0.191 e. The average molecular weight is 352 g/mol. The van der Waals surface area contributed by atoms with Crippen LogP contribution in [0.4, 0.5) is 0 Å². The molecule has 0 aliphatic heterocycles. The minimum atomic E-state index is 0.545. The van der Waals surface area contributed by atoms with E-state index in [0.29, 0.717) is 6.54 Å². The summed E-state index contributed by atoms with van der Waals surface area (Å²) < 4.78 is 7.33. The molecule has 7 nitrogen and oxygen atoms in total. The van der Waals surface area contributed by atoms with E-state index in [-0.39, 0.29) is 0 Å². The van der Waals surface area contributed by atoms with Gasteiger partial charge in [-0.05, 0) is 42.7 Å². The van der Waals surface area contributed by atoms with Crippen LogP contribution in [0.1, 0.15) is 17.0 Å². The number of ether oxygens (including phenoxy) is 1. The van der Waals surface area contributed by atoms with Gasteiger partial charge < -0.3 is 15.4 Å². The van der Waals surface area contributed by atoms with Crippen molar-refractivity contribution >= 4 is 11.6 Å². The maximum atomic E-state index is 5.38. The minimum Gasteiger partial charge on any atom is -0.496 e. The standard InChI is InChI=1S/C19H24N6O/c1-14-7-8-15(12-16(14)26-3)9-10-21-19(20-2)22-13-18-24-23-17-6-4-5-11-25(17)18/h4-8,11-12H,9-10,13H2,1-3H3,(H2,20,21,22). The number of methoxy groups -OCH3 is 1. The molecule has 7 heteroatoms. The summed E-state index contributed by atoms with van der Waals surface area (Å²) in [5, 5.41) is 15.0. The number of guanidine groups is 1. The largest absolute Gasteiger partial charge is 0.496 e. The van der Waals surface area contributed by atoms with Crippen LogP contribution in [0, 0.1) is 6.92 Å². The highest BCUT2D eigenvalue weighted by Gasteiger charge is 2.06. The summed E-state index contributed by atoms with van der Waals surface area (Å²) in [6.07, 6.45) is 2.83. The molecule has 0 aliphatic carbocycles. The number of aromatic nitrogens is 3. The van der Waals surface area contributed by atoms with E-state index < -0.39 is 0 Å². The van der Waals surface area contributed by atoms with Gasteiger partial charge in [0.1, 0.15) is 5.75 Å². The molecule has 2 N–H and O–H groups in total. The van der Waals surface area contributed by atoms with Gasteiger partial charge in [0.25, 0.3) is 0 Å². The number of aliphatic imine (C=N–C) groups is 1. The molecule has 3 aromatic rings. The third-order valence-corrected chi connectivity index (χ3v) is 4.20. The number of rotatable bonds is 6. The summed E-state index contributed by atoms with van der Waals surface area (Å²) in [6, 6.07) is 12.1. The lowest BCUT2D eigenvalue weighted by Crippen LogP contribution is -2.38. The summed E-state index contributed by atoms with van der Waals surface area (Å²) >= 11 is 0. The lowest BCUT2D eigenvalue weighted by molar-refractivity contribution is 0.411. The summed E-state index contributed by atoms with van der Waals surface area (Å²) in [5.41, 5.74) is 3.20. The molecule has 0 saturated heterocycles. The predicted octanol–water partition coefficient (Wildman–Crippen LogP) is 1.95. The van der Waals surface area contributed by atoms with Gasteiger partial charge in [-0.3, -0.25) is 9.39 Å². The number of hydrogen-bond donors (Lipinski definition) is 2.